The first kappa shape index (κ1) is 13.0. The van der Waals surface area contributed by atoms with E-state index in [1.165, 1.54) is 6.07 Å². The summed E-state index contributed by atoms with van der Waals surface area (Å²) in [6.45, 7) is 0.664. The summed E-state index contributed by atoms with van der Waals surface area (Å²) < 4.78 is 14.0. The van der Waals surface area contributed by atoms with Gasteiger partial charge in [-0.2, -0.15) is 0 Å². The van der Waals surface area contributed by atoms with Crippen LogP contribution >= 0.6 is 0 Å². The molecule has 1 aromatic rings. The first-order chi connectivity index (χ1) is 8.77. The van der Waals surface area contributed by atoms with E-state index in [9.17, 15) is 9.18 Å². The number of carbonyl (C=O) groups excluding carboxylic acids is 1. The van der Waals surface area contributed by atoms with Gasteiger partial charge in [-0.1, -0.05) is 6.07 Å². The summed E-state index contributed by atoms with van der Waals surface area (Å²) in [5, 5.41) is 8.94. The SMILES string of the molecule is O=Cc1cccc(F)c1N(CCCO)C1CCC1. The summed E-state index contributed by atoms with van der Waals surface area (Å²) >= 11 is 0. The average Bonchev–Trinajstić information content (AvgIpc) is 2.32. The van der Waals surface area contributed by atoms with Crippen molar-refractivity contribution in [3.05, 3.63) is 29.6 Å². The first-order valence-electron chi connectivity index (χ1n) is 6.39. The average molecular weight is 251 g/mol. The van der Waals surface area contributed by atoms with Gasteiger partial charge in [0.2, 0.25) is 0 Å². The second kappa shape index (κ2) is 5.96. The molecule has 1 fully saturated rings. The molecule has 1 saturated carbocycles. The van der Waals surface area contributed by atoms with Crippen LogP contribution in [0.1, 0.15) is 36.0 Å². The van der Waals surface area contributed by atoms with Crippen LogP contribution in [-0.2, 0) is 0 Å². The smallest absolute Gasteiger partial charge is 0.152 e. The van der Waals surface area contributed by atoms with Gasteiger partial charge in [-0.25, -0.2) is 4.39 Å². The fourth-order valence-electron chi connectivity index (χ4n) is 2.35. The molecule has 0 amide bonds. The predicted molar refractivity (Wildman–Crippen MR) is 68.5 cm³/mol. The zero-order valence-electron chi connectivity index (χ0n) is 10.3. The van der Waals surface area contributed by atoms with Crippen LogP contribution in [0.5, 0.6) is 0 Å². The molecule has 0 bridgehead atoms. The van der Waals surface area contributed by atoms with Crippen LogP contribution in [0.15, 0.2) is 18.2 Å². The molecule has 1 N–H and O–H groups in total. The molecule has 0 aromatic heterocycles. The van der Waals surface area contributed by atoms with E-state index in [4.69, 9.17) is 5.11 Å². The van der Waals surface area contributed by atoms with Crippen LogP contribution in [-0.4, -0.2) is 30.6 Å². The maximum atomic E-state index is 14.0. The molecule has 0 radical (unpaired) electrons. The minimum atomic E-state index is -0.357. The van der Waals surface area contributed by atoms with Crippen LogP contribution in [0.4, 0.5) is 10.1 Å². The van der Waals surface area contributed by atoms with Gasteiger partial charge in [0.15, 0.2) is 6.29 Å². The second-order valence-electron chi connectivity index (χ2n) is 4.65. The minimum absolute atomic E-state index is 0.0775. The van der Waals surface area contributed by atoms with Crippen LogP contribution in [0.3, 0.4) is 0 Å². The molecule has 18 heavy (non-hydrogen) atoms. The van der Waals surface area contributed by atoms with E-state index in [1.807, 2.05) is 4.90 Å². The second-order valence-corrected chi connectivity index (χ2v) is 4.65. The standard InChI is InChI=1S/C14H18FNO2/c15-13-7-1-4-11(10-18)14(13)16(8-3-9-17)12-5-2-6-12/h1,4,7,10,12,17H,2-3,5-6,8-9H2. The van der Waals surface area contributed by atoms with Crippen molar-refractivity contribution in [3.63, 3.8) is 0 Å². The predicted octanol–water partition coefficient (Wildman–Crippen LogP) is 2.38. The lowest BCUT2D eigenvalue weighted by atomic mass is 9.90. The number of rotatable bonds is 6. The third kappa shape index (κ3) is 2.53. The number of aldehydes is 1. The lowest BCUT2D eigenvalue weighted by Crippen LogP contribution is -2.42. The van der Waals surface area contributed by atoms with Crippen molar-refractivity contribution in [2.75, 3.05) is 18.1 Å². The Morgan fingerprint density at radius 3 is 2.78 bits per heavy atom. The largest absolute Gasteiger partial charge is 0.396 e. The Morgan fingerprint density at radius 2 is 2.22 bits per heavy atom. The van der Waals surface area contributed by atoms with Gasteiger partial charge < -0.3 is 10.0 Å². The number of hydrogen-bond acceptors (Lipinski definition) is 3. The summed E-state index contributed by atoms with van der Waals surface area (Å²) in [7, 11) is 0. The molecule has 0 unspecified atom stereocenters. The molecule has 3 nitrogen and oxygen atoms in total. The number of nitrogens with zero attached hydrogens (tertiary/aromatic N) is 1. The molecule has 1 aromatic carbocycles. The summed E-state index contributed by atoms with van der Waals surface area (Å²) in [5.74, 6) is -0.357. The fourth-order valence-corrected chi connectivity index (χ4v) is 2.35. The number of anilines is 1. The summed E-state index contributed by atoms with van der Waals surface area (Å²) in [6, 6.07) is 4.86. The first-order valence-corrected chi connectivity index (χ1v) is 6.39. The molecule has 0 saturated heterocycles. The molecule has 1 aliphatic rings. The minimum Gasteiger partial charge on any atom is -0.396 e. The highest BCUT2D eigenvalue weighted by molar-refractivity contribution is 5.85. The van der Waals surface area contributed by atoms with Crippen molar-refractivity contribution in [1.29, 1.82) is 0 Å². The van der Waals surface area contributed by atoms with Gasteiger partial charge in [-0.15, -0.1) is 0 Å². The maximum Gasteiger partial charge on any atom is 0.152 e. The zero-order chi connectivity index (χ0) is 13.0. The van der Waals surface area contributed by atoms with Gasteiger partial charge in [0, 0.05) is 24.8 Å². The van der Waals surface area contributed by atoms with Crippen LogP contribution in [0.25, 0.3) is 0 Å². The van der Waals surface area contributed by atoms with Crippen molar-refractivity contribution in [3.8, 4) is 0 Å². The van der Waals surface area contributed by atoms with Crippen LogP contribution < -0.4 is 4.90 Å². The quantitative estimate of drug-likeness (QED) is 0.789. The topological polar surface area (TPSA) is 40.5 Å². The molecular formula is C14H18FNO2. The van der Waals surface area contributed by atoms with E-state index in [0.717, 1.165) is 19.3 Å². The third-order valence-corrected chi connectivity index (χ3v) is 3.50. The number of aliphatic hydroxyl groups is 1. The number of aliphatic hydroxyl groups excluding tert-OH is 1. The normalized spacial score (nSPS) is 15.2. The zero-order valence-corrected chi connectivity index (χ0v) is 10.3. The third-order valence-electron chi connectivity index (χ3n) is 3.50. The van der Waals surface area contributed by atoms with Crippen molar-refractivity contribution < 1.29 is 14.3 Å². The van der Waals surface area contributed by atoms with Gasteiger partial charge in [0.25, 0.3) is 0 Å². The van der Waals surface area contributed by atoms with E-state index in [2.05, 4.69) is 0 Å². The Hall–Kier alpha value is -1.42. The summed E-state index contributed by atoms with van der Waals surface area (Å²) in [4.78, 5) is 13.0. The summed E-state index contributed by atoms with van der Waals surface area (Å²) in [6.07, 6.45) is 4.48. The van der Waals surface area contributed by atoms with Gasteiger partial charge in [-0.05, 0) is 37.8 Å². The lowest BCUT2D eigenvalue weighted by Gasteiger charge is -2.40. The Bertz CT molecular complexity index is 418. The Balaban J connectivity index is 2.30. The molecule has 4 heteroatoms. The van der Waals surface area contributed by atoms with Gasteiger partial charge in [0.1, 0.15) is 5.82 Å². The molecule has 1 aliphatic carbocycles. The van der Waals surface area contributed by atoms with Crippen LogP contribution in [0.2, 0.25) is 0 Å². The summed E-state index contributed by atoms with van der Waals surface area (Å²) in [5.41, 5.74) is 0.783. The number of benzene rings is 1. The molecule has 98 valence electrons. The molecule has 0 spiro atoms. The fraction of sp³-hybridized carbons (Fsp3) is 0.500. The number of para-hydroxylation sites is 1. The van der Waals surface area contributed by atoms with Crippen molar-refractivity contribution in [1.82, 2.24) is 0 Å². The molecule has 0 atom stereocenters. The van der Waals surface area contributed by atoms with Crippen molar-refractivity contribution in [2.45, 2.75) is 31.7 Å². The van der Waals surface area contributed by atoms with Gasteiger partial charge in [-0.3, -0.25) is 4.79 Å². The van der Waals surface area contributed by atoms with E-state index in [0.29, 0.717) is 36.5 Å². The van der Waals surface area contributed by atoms with E-state index < -0.39 is 0 Å². The van der Waals surface area contributed by atoms with Gasteiger partial charge in [0.05, 0.1) is 5.69 Å². The maximum absolute atomic E-state index is 14.0. The Kier molecular flexibility index (Phi) is 4.31. The van der Waals surface area contributed by atoms with E-state index in [-0.39, 0.29) is 12.4 Å². The monoisotopic (exact) mass is 251 g/mol. The molecule has 0 heterocycles. The highest BCUT2D eigenvalue weighted by Crippen LogP contribution is 2.33. The van der Waals surface area contributed by atoms with Crippen molar-refractivity contribution >= 4 is 12.0 Å². The Morgan fingerprint density at radius 1 is 1.44 bits per heavy atom. The van der Waals surface area contributed by atoms with E-state index >= 15 is 0 Å². The highest BCUT2D eigenvalue weighted by atomic mass is 19.1. The number of hydrogen-bond donors (Lipinski definition) is 1. The highest BCUT2D eigenvalue weighted by Gasteiger charge is 2.28. The number of halogens is 1. The van der Waals surface area contributed by atoms with E-state index in [1.54, 1.807) is 12.1 Å². The molecule has 0 aliphatic heterocycles. The molecular weight excluding hydrogens is 233 g/mol. The van der Waals surface area contributed by atoms with Crippen LogP contribution in [0, 0.1) is 5.82 Å². The van der Waals surface area contributed by atoms with Gasteiger partial charge >= 0.3 is 0 Å². The lowest BCUT2D eigenvalue weighted by molar-refractivity contribution is 0.112. The van der Waals surface area contributed by atoms with Crippen molar-refractivity contribution in [2.24, 2.45) is 0 Å². The number of carbonyl (C=O) groups is 1. The molecule has 2 rings (SSSR count). The Labute approximate surface area is 106 Å².